The monoisotopic (exact) mass is 425 g/mol. The molecule has 0 bridgehead atoms. The summed E-state index contributed by atoms with van der Waals surface area (Å²) < 4.78 is 2.86. The molecule has 3 heterocycles. The highest BCUT2D eigenvalue weighted by atomic mass is 32.2. The van der Waals surface area contributed by atoms with Gasteiger partial charge in [0.25, 0.3) is 0 Å². The topological polar surface area (TPSA) is 12.9 Å². The van der Waals surface area contributed by atoms with Crippen LogP contribution in [0.2, 0.25) is 0 Å². The Labute approximate surface area is 177 Å². The number of hydrogen-bond donors (Lipinski definition) is 0. The zero-order valence-corrected chi connectivity index (χ0v) is 18.6. The van der Waals surface area contributed by atoms with E-state index in [4.69, 9.17) is 0 Å². The second kappa shape index (κ2) is 8.39. The fraction of sp³-hybridized carbons (Fsp3) is 0.136. The zero-order chi connectivity index (χ0) is 18.8. The first-order chi connectivity index (χ1) is 13.1. The van der Waals surface area contributed by atoms with E-state index >= 15 is 0 Å². The Hall–Kier alpha value is -1.27. The summed E-state index contributed by atoms with van der Waals surface area (Å²) in [7, 11) is 0. The van der Waals surface area contributed by atoms with E-state index in [1.54, 1.807) is 6.20 Å². The summed E-state index contributed by atoms with van der Waals surface area (Å²) in [5.41, 5.74) is 3.62. The van der Waals surface area contributed by atoms with Gasteiger partial charge >= 0.3 is 0 Å². The number of allylic oxidation sites excluding steroid dienone is 3. The van der Waals surface area contributed by atoms with Crippen molar-refractivity contribution in [3.8, 4) is 0 Å². The highest BCUT2D eigenvalue weighted by molar-refractivity contribution is 8.35. The van der Waals surface area contributed by atoms with E-state index in [-0.39, 0.29) is 0 Å². The summed E-state index contributed by atoms with van der Waals surface area (Å²) >= 11 is 7.66. The van der Waals surface area contributed by atoms with Gasteiger partial charge in [0.2, 0.25) is 0 Å². The molecule has 2 aliphatic rings. The van der Waals surface area contributed by atoms with Crippen molar-refractivity contribution in [2.45, 2.75) is 20.8 Å². The van der Waals surface area contributed by atoms with Crippen molar-refractivity contribution in [2.24, 2.45) is 0 Å². The number of benzene rings is 1. The van der Waals surface area contributed by atoms with Crippen LogP contribution >= 0.6 is 47.0 Å². The summed E-state index contributed by atoms with van der Waals surface area (Å²) in [6, 6.07) is 12.9. The smallest absolute Gasteiger partial charge is 0.0703 e. The molecule has 1 nitrogen and oxygen atoms in total. The third-order valence-corrected chi connectivity index (χ3v) is 10.1. The Morgan fingerprint density at radius 3 is 2.00 bits per heavy atom. The molecule has 0 N–H and O–H groups in total. The van der Waals surface area contributed by atoms with E-state index in [1.807, 2.05) is 59.3 Å². The van der Waals surface area contributed by atoms with Gasteiger partial charge in [-0.25, -0.2) is 0 Å². The van der Waals surface area contributed by atoms with Gasteiger partial charge < -0.3 is 0 Å². The van der Waals surface area contributed by atoms with E-state index in [0.29, 0.717) is 0 Å². The summed E-state index contributed by atoms with van der Waals surface area (Å²) in [5.74, 6) is 0. The second-order valence-corrected chi connectivity index (χ2v) is 11.4. The van der Waals surface area contributed by atoms with E-state index in [9.17, 15) is 0 Å². The Bertz CT molecular complexity index is 967. The van der Waals surface area contributed by atoms with Crippen LogP contribution in [0.1, 0.15) is 37.5 Å². The van der Waals surface area contributed by atoms with Gasteiger partial charge in [-0.3, -0.25) is 4.98 Å². The minimum absolute atomic E-state index is 1.12. The maximum Gasteiger partial charge on any atom is 0.0703 e. The first-order valence-electron chi connectivity index (χ1n) is 8.63. The van der Waals surface area contributed by atoms with Gasteiger partial charge in [-0.15, -0.1) is 0 Å². The van der Waals surface area contributed by atoms with Gasteiger partial charge in [0.05, 0.1) is 8.47 Å². The number of pyridine rings is 1. The Morgan fingerprint density at radius 1 is 0.704 bits per heavy atom. The van der Waals surface area contributed by atoms with Crippen molar-refractivity contribution in [1.82, 2.24) is 4.98 Å². The molecular formula is C22H19NS4. The molecule has 4 rings (SSSR count). The lowest BCUT2D eigenvalue weighted by Crippen LogP contribution is -1.80. The van der Waals surface area contributed by atoms with Gasteiger partial charge in [0, 0.05) is 22.2 Å². The van der Waals surface area contributed by atoms with Crippen LogP contribution in [0, 0.1) is 0 Å². The van der Waals surface area contributed by atoms with Gasteiger partial charge in [0.15, 0.2) is 0 Å². The molecule has 27 heavy (non-hydrogen) atoms. The lowest BCUT2D eigenvalue weighted by atomic mass is 10.1. The molecule has 136 valence electrons. The van der Waals surface area contributed by atoms with Crippen molar-refractivity contribution < 1.29 is 0 Å². The quantitative estimate of drug-likeness (QED) is 0.489. The zero-order valence-electron chi connectivity index (χ0n) is 15.4. The van der Waals surface area contributed by atoms with Crippen LogP contribution in [0.5, 0.6) is 0 Å². The molecule has 0 atom stereocenters. The van der Waals surface area contributed by atoms with E-state index in [1.165, 1.54) is 39.2 Å². The van der Waals surface area contributed by atoms with Crippen molar-refractivity contribution in [3.05, 3.63) is 88.7 Å². The first kappa shape index (κ1) is 19.1. The molecule has 1 aromatic carbocycles. The van der Waals surface area contributed by atoms with Gasteiger partial charge in [-0.1, -0.05) is 89.5 Å². The largest absolute Gasteiger partial charge is 0.264 e. The molecule has 0 spiro atoms. The lowest BCUT2D eigenvalue weighted by molar-refractivity contribution is 1.32. The minimum atomic E-state index is 1.12. The molecule has 0 radical (unpaired) electrons. The van der Waals surface area contributed by atoms with Crippen LogP contribution in [0.3, 0.4) is 0 Å². The standard InChI is InChI=1S/C22H19NS4/c1-14-15(2)25-21(24-14)22-26-16(3)20(27-22)19-10-8-17(9-11-19)6-7-18-5-4-12-23-13-18/h4-13H,1-3H3/b7-6+. The van der Waals surface area contributed by atoms with Gasteiger partial charge in [0.1, 0.15) is 0 Å². The molecule has 1 aromatic heterocycles. The van der Waals surface area contributed by atoms with Crippen LogP contribution < -0.4 is 0 Å². The molecular weight excluding hydrogens is 407 g/mol. The van der Waals surface area contributed by atoms with Crippen molar-refractivity contribution in [2.75, 3.05) is 0 Å². The highest BCUT2D eigenvalue weighted by Crippen LogP contribution is 2.61. The second-order valence-electron chi connectivity index (χ2n) is 6.22. The summed E-state index contributed by atoms with van der Waals surface area (Å²) in [6.07, 6.45) is 7.90. The predicted molar refractivity (Wildman–Crippen MR) is 128 cm³/mol. The maximum atomic E-state index is 4.15. The molecule has 0 aliphatic carbocycles. The van der Waals surface area contributed by atoms with Crippen LogP contribution in [-0.4, -0.2) is 4.98 Å². The van der Waals surface area contributed by atoms with E-state index in [0.717, 1.165) is 5.56 Å². The fourth-order valence-corrected chi connectivity index (χ4v) is 8.11. The fourth-order valence-electron chi connectivity index (χ4n) is 2.65. The summed E-state index contributed by atoms with van der Waals surface area (Å²) in [4.78, 5) is 9.78. The SMILES string of the molecule is CC1=C(C)SC(=C2SC(C)=C(c3ccc(/C=C/c4cccnc4)cc3)S2)S1. The summed E-state index contributed by atoms with van der Waals surface area (Å²) in [5, 5.41) is 0. The van der Waals surface area contributed by atoms with Crippen molar-refractivity contribution in [1.29, 1.82) is 0 Å². The maximum absolute atomic E-state index is 4.15. The Morgan fingerprint density at radius 2 is 1.33 bits per heavy atom. The highest BCUT2D eigenvalue weighted by Gasteiger charge is 2.26. The number of rotatable bonds is 3. The number of nitrogens with zero attached hydrogens (tertiary/aromatic N) is 1. The third kappa shape index (κ3) is 4.43. The average Bonchev–Trinajstić information content (AvgIpc) is 3.24. The molecule has 2 aliphatic heterocycles. The van der Waals surface area contributed by atoms with E-state index in [2.05, 4.69) is 68.2 Å². The minimum Gasteiger partial charge on any atom is -0.264 e. The van der Waals surface area contributed by atoms with Crippen molar-refractivity contribution >= 4 is 64.1 Å². The average molecular weight is 426 g/mol. The van der Waals surface area contributed by atoms with Gasteiger partial charge in [-0.2, -0.15) is 0 Å². The van der Waals surface area contributed by atoms with E-state index < -0.39 is 0 Å². The first-order valence-corrected chi connectivity index (χ1v) is 11.9. The van der Waals surface area contributed by atoms with Crippen LogP contribution in [0.15, 0.2) is 72.0 Å². The molecule has 2 aromatic rings. The molecule has 0 saturated heterocycles. The number of aromatic nitrogens is 1. The Balaban J connectivity index is 1.49. The molecule has 0 fully saturated rings. The van der Waals surface area contributed by atoms with Gasteiger partial charge in [-0.05, 0) is 53.3 Å². The predicted octanol–water partition coefficient (Wildman–Crippen LogP) is 8.28. The summed E-state index contributed by atoms with van der Waals surface area (Å²) in [6.45, 7) is 6.65. The number of hydrogen-bond acceptors (Lipinski definition) is 5. The third-order valence-electron chi connectivity index (χ3n) is 4.24. The van der Waals surface area contributed by atoms with Crippen LogP contribution in [0.25, 0.3) is 17.1 Å². The molecule has 0 saturated carbocycles. The molecule has 0 unspecified atom stereocenters. The van der Waals surface area contributed by atoms with Crippen molar-refractivity contribution in [3.63, 3.8) is 0 Å². The normalized spacial score (nSPS) is 17.7. The van der Waals surface area contributed by atoms with Crippen LogP contribution in [-0.2, 0) is 0 Å². The molecule has 0 amide bonds. The van der Waals surface area contributed by atoms with Crippen LogP contribution in [0.4, 0.5) is 0 Å². The molecule has 5 heteroatoms. The number of thioether (sulfide) groups is 4. The Kier molecular flexibility index (Phi) is 5.93. The lowest BCUT2D eigenvalue weighted by Gasteiger charge is -2.04.